The number of likely N-dealkylation sites (tertiary alicyclic amines) is 1. The molecule has 1 aromatic heterocycles. The average molecular weight is 299 g/mol. The van der Waals surface area contributed by atoms with Gasteiger partial charge in [-0.3, -0.25) is 9.59 Å². The van der Waals surface area contributed by atoms with Crippen molar-refractivity contribution in [3.05, 3.63) is 35.0 Å². The van der Waals surface area contributed by atoms with Gasteiger partial charge in [0.05, 0.1) is 11.1 Å². The van der Waals surface area contributed by atoms with Crippen molar-refractivity contribution >= 4 is 22.7 Å². The number of hydrogen-bond donors (Lipinski definition) is 2. The van der Waals surface area contributed by atoms with Gasteiger partial charge in [-0.1, -0.05) is 13.0 Å². The van der Waals surface area contributed by atoms with E-state index in [0.717, 1.165) is 36.1 Å². The Balaban J connectivity index is 2.00. The van der Waals surface area contributed by atoms with Crippen molar-refractivity contribution in [3.63, 3.8) is 0 Å². The van der Waals surface area contributed by atoms with Crippen LogP contribution in [-0.2, 0) is 4.79 Å². The van der Waals surface area contributed by atoms with Crippen LogP contribution >= 0.6 is 0 Å². The quantitative estimate of drug-likeness (QED) is 0.912. The first-order valence-electron chi connectivity index (χ1n) is 7.71. The summed E-state index contributed by atoms with van der Waals surface area (Å²) in [6.07, 6.45) is 1.51. The highest BCUT2D eigenvalue weighted by molar-refractivity contribution is 6.06. The molecule has 1 saturated heterocycles. The van der Waals surface area contributed by atoms with Crippen LogP contribution in [0.4, 0.5) is 0 Å². The normalized spacial score (nSPS) is 18.1. The molecule has 1 aliphatic rings. The Hall–Kier alpha value is -2.30. The van der Waals surface area contributed by atoms with Crippen molar-refractivity contribution < 1.29 is 9.59 Å². The summed E-state index contributed by atoms with van der Waals surface area (Å²) in [6, 6.07) is 5.84. The van der Waals surface area contributed by atoms with Crippen LogP contribution in [0, 0.1) is 6.92 Å². The fraction of sp³-hybridized carbons (Fsp3) is 0.412. The van der Waals surface area contributed by atoms with Gasteiger partial charge in [-0.15, -0.1) is 0 Å². The van der Waals surface area contributed by atoms with E-state index >= 15 is 0 Å². The lowest BCUT2D eigenvalue weighted by molar-refractivity contribution is -0.129. The topological polar surface area (TPSA) is 79.2 Å². The largest absolute Gasteiger partial charge is 0.366 e. The molecule has 1 atom stereocenters. The number of carbonyl (C=O) groups excluding carboxylic acids is 2. The minimum atomic E-state index is -0.424. The molecule has 3 N–H and O–H groups in total. The predicted octanol–water partition coefficient (Wildman–Crippen LogP) is 2.30. The molecular formula is C17H21N3O2. The van der Waals surface area contributed by atoms with Gasteiger partial charge in [-0.05, 0) is 31.0 Å². The van der Waals surface area contributed by atoms with E-state index in [1.54, 1.807) is 6.07 Å². The number of nitrogens with zero attached hydrogens (tertiary/aromatic N) is 1. The Kier molecular flexibility index (Phi) is 3.64. The molecule has 0 bridgehead atoms. The fourth-order valence-electron chi connectivity index (χ4n) is 3.40. The smallest absolute Gasteiger partial charge is 0.250 e. The molecule has 2 amide bonds. The first kappa shape index (κ1) is 14.6. The Bertz CT molecular complexity index is 748. The Morgan fingerprint density at radius 3 is 2.86 bits per heavy atom. The molecule has 1 aromatic carbocycles. The van der Waals surface area contributed by atoms with Crippen molar-refractivity contribution in [2.45, 2.75) is 32.6 Å². The van der Waals surface area contributed by atoms with Crippen LogP contribution in [0.5, 0.6) is 0 Å². The second-order valence-electron chi connectivity index (χ2n) is 5.99. The molecule has 22 heavy (non-hydrogen) atoms. The highest BCUT2D eigenvalue weighted by Crippen LogP contribution is 2.34. The summed E-state index contributed by atoms with van der Waals surface area (Å²) in [5.41, 5.74) is 8.98. The zero-order valence-electron chi connectivity index (χ0n) is 13.0. The van der Waals surface area contributed by atoms with Crippen molar-refractivity contribution in [1.82, 2.24) is 9.88 Å². The second kappa shape index (κ2) is 5.48. The number of rotatable bonds is 3. The molecule has 2 aromatic rings. The van der Waals surface area contributed by atoms with E-state index in [0.29, 0.717) is 17.9 Å². The van der Waals surface area contributed by atoms with Gasteiger partial charge in [0.15, 0.2) is 0 Å². The lowest BCUT2D eigenvalue weighted by atomic mass is 9.93. The van der Waals surface area contributed by atoms with Crippen LogP contribution in [0.25, 0.3) is 10.9 Å². The third-order valence-corrected chi connectivity index (χ3v) is 4.51. The first-order chi connectivity index (χ1) is 10.5. The number of aromatic amines is 1. The molecule has 1 aliphatic heterocycles. The monoisotopic (exact) mass is 299 g/mol. The van der Waals surface area contributed by atoms with E-state index in [1.807, 2.05) is 24.8 Å². The van der Waals surface area contributed by atoms with Gasteiger partial charge in [0, 0.05) is 36.5 Å². The van der Waals surface area contributed by atoms with Gasteiger partial charge in [-0.2, -0.15) is 0 Å². The van der Waals surface area contributed by atoms with Crippen LogP contribution in [-0.4, -0.2) is 34.8 Å². The lowest BCUT2D eigenvalue weighted by Gasteiger charge is -2.16. The minimum absolute atomic E-state index is 0.206. The summed E-state index contributed by atoms with van der Waals surface area (Å²) in [4.78, 5) is 28.6. The number of aryl methyl sites for hydroxylation is 1. The van der Waals surface area contributed by atoms with Crippen LogP contribution in [0.1, 0.15) is 47.3 Å². The number of nitrogens with one attached hydrogen (secondary N) is 1. The molecule has 1 fully saturated rings. The van der Waals surface area contributed by atoms with Crippen LogP contribution in [0.15, 0.2) is 18.2 Å². The number of H-pyrrole nitrogens is 1. The number of amides is 2. The van der Waals surface area contributed by atoms with E-state index < -0.39 is 5.91 Å². The standard InChI is InChI=1S/C17H21N3O2/c1-3-15(21)20-7-6-11(9-20)12-4-5-13(17(18)22)16-14(12)8-10(2)19-16/h4-5,8,11,19H,3,6-7,9H2,1-2H3,(H2,18,22)/t11-/m1/s1. The maximum Gasteiger partial charge on any atom is 0.250 e. The number of primary amides is 1. The molecule has 5 nitrogen and oxygen atoms in total. The van der Waals surface area contributed by atoms with Gasteiger partial charge in [0.2, 0.25) is 5.91 Å². The summed E-state index contributed by atoms with van der Waals surface area (Å²) in [6.45, 7) is 5.42. The van der Waals surface area contributed by atoms with Crippen molar-refractivity contribution in [3.8, 4) is 0 Å². The minimum Gasteiger partial charge on any atom is -0.366 e. The number of nitrogens with two attached hydrogens (primary N) is 1. The molecule has 3 rings (SSSR count). The lowest BCUT2D eigenvalue weighted by Crippen LogP contribution is -2.27. The Morgan fingerprint density at radius 2 is 2.18 bits per heavy atom. The van der Waals surface area contributed by atoms with E-state index in [2.05, 4.69) is 11.1 Å². The summed E-state index contributed by atoms with van der Waals surface area (Å²) >= 11 is 0. The Labute approximate surface area is 129 Å². The van der Waals surface area contributed by atoms with Crippen molar-refractivity contribution in [2.24, 2.45) is 5.73 Å². The summed E-state index contributed by atoms with van der Waals surface area (Å²) in [7, 11) is 0. The zero-order chi connectivity index (χ0) is 15.9. The van der Waals surface area contributed by atoms with E-state index in [1.165, 1.54) is 5.56 Å². The molecular weight excluding hydrogens is 278 g/mol. The SMILES string of the molecule is CCC(=O)N1CC[C@@H](c2ccc(C(N)=O)c3[nH]c(C)cc23)C1. The maximum absolute atomic E-state index is 11.9. The zero-order valence-corrected chi connectivity index (χ0v) is 13.0. The van der Waals surface area contributed by atoms with E-state index in [9.17, 15) is 9.59 Å². The van der Waals surface area contributed by atoms with Gasteiger partial charge in [0.1, 0.15) is 0 Å². The molecule has 0 saturated carbocycles. The first-order valence-corrected chi connectivity index (χ1v) is 7.71. The summed E-state index contributed by atoms with van der Waals surface area (Å²) in [5, 5.41) is 1.05. The highest BCUT2D eigenvalue weighted by atomic mass is 16.2. The van der Waals surface area contributed by atoms with Gasteiger partial charge in [0.25, 0.3) is 5.91 Å². The number of aromatic nitrogens is 1. The molecule has 0 aliphatic carbocycles. The van der Waals surface area contributed by atoms with Gasteiger partial charge >= 0.3 is 0 Å². The number of fused-ring (bicyclic) bond motifs is 1. The Morgan fingerprint density at radius 1 is 1.41 bits per heavy atom. The average Bonchev–Trinajstić information content (AvgIpc) is 3.10. The fourth-order valence-corrected chi connectivity index (χ4v) is 3.40. The summed E-state index contributed by atoms with van der Waals surface area (Å²) < 4.78 is 0. The van der Waals surface area contributed by atoms with E-state index in [4.69, 9.17) is 5.73 Å². The second-order valence-corrected chi connectivity index (χ2v) is 5.99. The molecule has 0 unspecified atom stereocenters. The third-order valence-electron chi connectivity index (χ3n) is 4.51. The number of benzene rings is 1. The van der Waals surface area contributed by atoms with Gasteiger partial charge < -0.3 is 15.6 Å². The van der Waals surface area contributed by atoms with Gasteiger partial charge in [-0.25, -0.2) is 0 Å². The molecule has 0 spiro atoms. The molecule has 2 heterocycles. The van der Waals surface area contributed by atoms with Crippen LogP contribution in [0.3, 0.4) is 0 Å². The van der Waals surface area contributed by atoms with Crippen molar-refractivity contribution in [1.29, 1.82) is 0 Å². The molecule has 116 valence electrons. The van der Waals surface area contributed by atoms with Crippen molar-refractivity contribution in [2.75, 3.05) is 13.1 Å². The third kappa shape index (κ3) is 2.36. The number of carbonyl (C=O) groups is 2. The predicted molar refractivity (Wildman–Crippen MR) is 85.8 cm³/mol. The maximum atomic E-state index is 11.9. The van der Waals surface area contributed by atoms with E-state index in [-0.39, 0.29) is 5.91 Å². The van der Waals surface area contributed by atoms with Crippen LogP contribution in [0.2, 0.25) is 0 Å². The molecule has 0 radical (unpaired) electrons. The number of hydrogen-bond acceptors (Lipinski definition) is 2. The summed E-state index contributed by atoms with van der Waals surface area (Å²) in [5.74, 6) is 0.0977. The molecule has 5 heteroatoms. The van der Waals surface area contributed by atoms with Crippen LogP contribution < -0.4 is 5.73 Å². The highest BCUT2D eigenvalue weighted by Gasteiger charge is 2.28.